The number of hydrogen-bond acceptors (Lipinski definition) is 4. The largest absolute Gasteiger partial charge is 0.265 e. The lowest BCUT2D eigenvalue weighted by atomic mass is 10.3. The Bertz CT molecular complexity index is 719. The average Bonchev–Trinajstić information content (AvgIpc) is 2.78. The molecular weight excluding hydrogens is 226 g/mol. The third-order valence-electron chi connectivity index (χ3n) is 2.35. The Labute approximate surface area is 104 Å². The molecule has 0 atom stereocenters. The molecule has 0 saturated heterocycles. The van der Waals surface area contributed by atoms with Gasteiger partial charge in [0.25, 0.3) is 0 Å². The summed E-state index contributed by atoms with van der Waals surface area (Å²) in [5.74, 6) is 0. The van der Waals surface area contributed by atoms with Crippen LogP contribution in [-0.4, -0.2) is 20.0 Å². The Morgan fingerprint density at radius 2 is 2.17 bits per heavy atom. The Morgan fingerprint density at radius 3 is 2.83 bits per heavy atom. The van der Waals surface area contributed by atoms with Crippen molar-refractivity contribution >= 4 is 12.7 Å². The molecule has 0 fully saturated rings. The molecule has 0 aliphatic heterocycles. The summed E-state index contributed by atoms with van der Waals surface area (Å²) in [6, 6.07) is 5.71. The van der Waals surface area contributed by atoms with Gasteiger partial charge in [-0.05, 0) is 31.2 Å². The van der Waals surface area contributed by atoms with Gasteiger partial charge in [0.15, 0.2) is 0 Å². The molecule has 0 aromatic carbocycles. The summed E-state index contributed by atoms with van der Waals surface area (Å²) in [6.45, 7) is 5.55. The van der Waals surface area contributed by atoms with Gasteiger partial charge in [0.2, 0.25) is 0 Å². The van der Waals surface area contributed by atoms with Crippen LogP contribution in [0.25, 0.3) is 18.3 Å². The molecule has 2 aromatic heterocycles. The van der Waals surface area contributed by atoms with Crippen molar-refractivity contribution in [2.45, 2.75) is 6.92 Å². The van der Waals surface area contributed by atoms with Crippen molar-refractivity contribution in [3.63, 3.8) is 0 Å². The first kappa shape index (κ1) is 11.7. The highest BCUT2D eigenvalue weighted by Gasteiger charge is 2.00. The van der Waals surface area contributed by atoms with Gasteiger partial charge in [-0.25, -0.2) is 4.68 Å². The summed E-state index contributed by atoms with van der Waals surface area (Å²) >= 11 is 0. The number of nitriles is 1. The summed E-state index contributed by atoms with van der Waals surface area (Å²) in [5.41, 5.74) is 1.46. The molecule has 0 N–H and O–H groups in total. The molecule has 88 valence electrons. The molecule has 5 nitrogen and oxygen atoms in total. The minimum absolute atomic E-state index is 0.564. The second kappa shape index (κ2) is 5.06. The second-order valence-electron chi connectivity index (χ2n) is 3.67. The fourth-order valence-electron chi connectivity index (χ4n) is 1.40. The van der Waals surface area contributed by atoms with Gasteiger partial charge in [0.1, 0.15) is 5.35 Å². The van der Waals surface area contributed by atoms with Gasteiger partial charge in [-0.2, -0.15) is 5.26 Å². The lowest BCUT2D eigenvalue weighted by Crippen LogP contribution is -2.28. The van der Waals surface area contributed by atoms with Crippen LogP contribution in [0.5, 0.6) is 0 Å². The molecule has 0 spiro atoms. The van der Waals surface area contributed by atoms with E-state index in [0.29, 0.717) is 10.9 Å². The maximum Gasteiger partial charge on any atom is 0.106 e. The minimum Gasteiger partial charge on any atom is -0.265 e. The maximum atomic E-state index is 8.72. The first-order valence-corrected chi connectivity index (χ1v) is 5.32. The van der Waals surface area contributed by atoms with Gasteiger partial charge in [-0.15, -0.1) is 5.10 Å². The Balaban J connectivity index is 2.61. The molecule has 0 aliphatic carbocycles. The van der Waals surface area contributed by atoms with Crippen molar-refractivity contribution in [1.29, 1.82) is 5.26 Å². The molecule has 18 heavy (non-hydrogen) atoms. The van der Waals surface area contributed by atoms with Crippen LogP contribution in [0.2, 0.25) is 0 Å². The summed E-state index contributed by atoms with van der Waals surface area (Å²) in [6.07, 6.45) is 6.85. The topological polar surface area (TPSA) is 67.4 Å². The highest BCUT2D eigenvalue weighted by Crippen LogP contribution is 1.98. The van der Waals surface area contributed by atoms with E-state index in [1.54, 1.807) is 36.2 Å². The number of allylic oxidation sites excluding steroid dienone is 2. The predicted molar refractivity (Wildman–Crippen MR) is 67.8 cm³/mol. The molecule has 0 radical (unpaired) electrons. The number of rotatable bonds is 2. The zero-order chi connectivity index (χ0) is 13.0. The van der Waals surface area contributed by atoms with Crippen LogP contribution in [0.4, 0.5) is 0 Å². The number of aromatic nitrogens is 4. The molecule has 0 unspecified atom stereocenters. The first-order chi connectivity index (χ1) is 8.72. The third-order valence-corrected chi connectivity index (χ3v) is 2.35. The standard InChI is InChI=1S/C13H11N5/c1-10(9-14)3-4-13-11(2)16-17-18(13)12-5-7-15-8-6-12/h3-8H,2H2,1H3/b10-3+,13-4+. The first-order valence-electron chi connectivity index (χ1n) is 5.32. The van der Waals surface area contributed by atoms with Crippen LogP contribution >= 0.6 is 0 Å². The fourth-order valence-corrected chi connectivity index (χ4v) is 1.40. The van der Waals surface area contributed by atoms with E-state index in [4.69, 9.17) is 5.26 Å². The summed E-state index contributed by atoms with van der Waals surface area (Å²) in [7, 11) is 0. The molecule has 2 aromatic rings. The van der Waals surface area contributed by atoms with Crippen molar-refractivity contribution in [3.8, 4) is 11.8 Å². The zero-order valence-electron chi connectivity index (χ0n) is 9.91. The molecular formula is C13H11N5. The number of pyridine rings is 1. The number of nitrogens with zero attached hydrogens (tertiary/aromatic N) is 5. The lowest BCUT2D eigenvalue weighted by molar-refractivity contribution is 0.786. The Morgan fingerprint density at radius 1 is 1.44 bits per heavy atom. The predicted octanol–water partition coefficient (Wildman–Crippen LogP) is 0.323. The molecule has 0 bridgehead atoms. The van der Waals surface area contributed by atoms with E-state index in [2.05, 4.69) is 27.9 Å². The molecule has 0 aliphatic rings. The molecule has 0 saturated carbocycles. The second-order valence-corrected chi connectivity index (χ2v) is 3.67. The van der Waals surface area contributed by atoms with E-state index in [-0.39, 0.29) is 0 Å². The van der Waals surface area contributed by atoms with E-state index in [1.165, 1.54) is 0 Å². The van der Waals surface area contributed by atoms with E-state index < -0.39 is 0 Å². The monoisotopic (exact) mass is 237 g/mol. The van der Waals surface area contributed by atoms with Crippen molar-refractivity contribution in [3.05, 3.63) is 46.9 Å². The highest BCUT2D eigenvalue weighted by atomic mass is 15.4. The Kier molecular flexibility index (Phi) is 3.30. The van der Waals surface area contributed by atoms with Gasteiger partial charge < -0.3 is 0 Å². The zero-order valence-corrected chi connectivity index (χ0v) is 9.91. The third kappa shape index (κ3) is 2.33. The normalized spacial score (nSPS) is 12.4. The summed E-state index contributed by atoms with van der Waals surface area (Å²) in [4.78, 5) is 3.95. The molecule has 2 heterocycles. The molecule has 5 heteroatoms. The molecule has 2 rings (SSSR count). The quantitative estimate of drug-likeness (QED) is 0.706. The van der Waals surface area contributed by atoms with Crippen LogP contribution in [-0.2, 0) is 0 Å². The smallest absolute Gasteiger partial charge is 0.106 e. The van der Waals surface area contributed by atoms with Crippen LogP contribution < -0.4 is 10.7 Å². The number of hydrogen-bond donors (Lipinski definition) is 0. The van der Waals surface area contributed by atoms with Crippen molar-refractivity contribution in [2.24, 2.45) is 0 Å². The summed E-state index contributed by atoms with van der Waals surface area (Å²) < 4.78 is 1.66. The van der Waals surface area contributed by atoms with E-state index >= 15 is 0 Å². The van der Waals surface area contributed by atoms with Crippen molar-refractivity contribution in [1.82, 2.24) is 20.0 Å². The minimum atomic E-state index is 0.564. The highest BCUT2D eigenvalue weighted by molar-refractivity contribution is 5.42. The van der Waals surface area contributed by atoms with Gasteiger partial charge in [0, 0.05) is 18.0 Å². The van der Waals surface area contributed by atoms with Gasteiger partial charge in [-0.1, -0.05) is 11.8 Å². The average molecular weight is 237 g/mol. The van der Waals surface area contributed by atoms with Crippen LogP contribution in [0.3, 0.4) is 0 Å². The van der Waals surface area contributed by atoms with E-state index in [1.807, 2.05) is 12.1 Å². The van der Waals surface area contributed by atoms with Gasteiger partial charge >= 0.3 is 0 Å². The lowest BCUT2D eigenvalue weighted by Gasteiger charge is -1.98. The van der Waals surface area contributed by atoms with Gasteiger partial charge in [-0.3, -0.25) is 4.98 Å². The molecule has 0 amide bonds. The SMILES string of the molecule is C=c1nnn(-c2ccncc2)/c1=C/C=C(\C)C#N. The van der Waals surface area contributed by atoms with Crippen LogP contribution in [0.15, 0.2) is 36.2 Å². The van der Waals surface area contributed by atoms with E-state index in [9.17, 15) is 0 Å². The summed E-state index contributed by atoms with van der Waals surface area (Å²) in [5, 5.41) is 18.0. The van der Waals surface area contributed by atoms with Crippen LogP contribution in [0.1, 0.15) is 6.92 Å². The van der Waals surface area contributed by atoms with Crippen LogP contribution in [0, 0.1) is 11.3 Å². The van der Waals surface area contributed by atoms with Gasteiger partial charge in [0.05, 0.1) is 17.1 Å². The maximum absolute atomic E-state index is 8.72. The Hall–Kier alpha value is -2.74. The fraction of sp³-hybridized carbons (Fsp3) is 0.0769. The van der Waals surface area contributed by atoms with Crippen molar-refractivity contribution < 1.29 is 0 Å². The van der Waals surface area contributed by atoms with Crippen molar-refractivity contribution in [2.75, 3.05) is 0 Å². The van der Waals surface area contributed by atoms with E-state index in [0.717, 1.165) is 11.0 Å².